The van der Waals surface area contributed by atoms with E-state index in [4.69, 9.17) is 29.9 Å². The van der Waals surface area contributed by atoms with Gasteiger partial charge in [-0.15, -0.1) is 0 Å². The van der Waals surface area contributed by atoms with Crippen LogP contribution in [0.25, 0.3) is 178 Å². The SMILES string of the molecule is c1ccc(-c2nc(-c3ccccc3)nc(-c3ccc(-n4c5ccccc5c5cc6c7cc(-c8cccc(-c9nc(-c%10ccccc%10)nc(-n%10c%11ccc([Si](c%12ccccc%12)(c%12ccccc%12)c%12ccccc%12)cc%11c%11cc%12c%13ccccc%13n(-c%13ccccc%13)c%12cc%11%10)n9)c8)ccc7n(-c7ccccc7)c6cc54)cc3)n2)cc1. The van der Waals surface area contributed by atoms with Crippen LogP contribution in [-0.2, 0) is 0 Å². The predicted octanol–water partition coefficient (Wildman–Crippen LogP) is 21.8. The largest absolute Gasteiger partial charge is 0.309 e. The van der Waals surface area contributed by atoms with Crippen molar-refractivity contribution in [1.82, 2.24) is 48.2 Å². The second-order valence-electron chi connectivity index (χ2n) is 28.9. The Bertz CT molecular complexity index is 7280. The predicted molar refractivity (Wildman–Crippen MR) is 467 cm³/mol. The number of hydrogen-bond donors (Lipinski definition) is 0. The van der Waals surface area contributed by atoms with Gasteiger partial charge in [0.2, 0.25) is 5.95 Å². The molecule has 6 heterocycles. The van der Waals surface area contributed by atoms with Crippen LogP contribution in [0.3, 0.4) is 0 Å². The smallest absolute Gasteiger partial charge is 0.238 e. The first-order valence-corrected chi connectivity index (χ1v) is 40.2. The zero-order valence-corrected chi connectivity index (χ0v) is 62.1. The lowest BCUT2D eigenvalue weighted by molar-refractivity contribution is 0.953. The van der Waals surface area contributed by atoms with Crippen LogP contribution in [0.1, 0.15) is 0 Å². The highest BCUT2D eigenvalue weighted by Gasteiger charge is 2.42. The molecule has 6 aromatic heterocycles. The van der Waals surface area contributed by atoms with Crippen molar-refractivity contribution in [3.8, 4) is 91.1 Å². The number of rotatable bonds is 14. The summed E-state index contributed by atoms with van der Waals surface area (Å²) in [5, 5.41) is 14.3. The summed E-state index contributed by atoms with van der Waals surface area (Å²) in [5.41, 5.74) is 18.3. The van der Waals surface area contributed by atoms with Crippen molar-refractivity contribution in [3.05, 3.63) is 400 Å². The summed E-state index contributed by atoms with van der Waals surface area (Å²) < 4.78 is 9.50. The van der Waals surface area contributed by atoms with E-state index in [0.29, 0.717) is 35.1 Å². The summed E-state index contributed by atoms with van der Waals surface area (Å²) in [5.74, 6) is 3.50. The van der Waals surface area contributed by atoms with Crippen molar-refractivity contribution in [2.75, 3.05) is 0 Å². The minimum absolute atomic E-state index is 0.515. The van der Waals surface area contributed by atoms with E-state index in [0.717, 1.165) is 138 Å². The van der Waals surface area contributed by atoms with Crippen LogP contribution in [0.4, 0.5) is 0 Å². The third-order valence-electron chi connectivity index (χ3n) is 22.6. The van der Waals surface area contributed by atoms with E-state index in [9.17, 15) is 0 Å². The average Bonchev–Trinajstić information content (AvgIpc) is 1.64. The summed E-state index contributed by atoms with van der Waals surface area (Å²) in [4.78, 5) is 31.9. The molecule has 113 heavy (non-hydrogen) atoms. The van der Waals surface area contributed by atoms with Crippen LogP contribution >= 0.6 is 0 Å². The molecule has 0 atom stereocenters. The Morgan fingerprint density at radius 3 is 0.929 bits per heavy atom. The van der Waals surface area contributed by atoms with E-state index in [1.54, 1.807) is 0 Å². The molecule has 10 nitrogen and oxygen atoms in total. The van der Waals surface area contributed by atoms with E-state index < -0.39 is 8.07 Å². The molecule has 16 aromatic carbocycles. The Labute approximate surface area is 651 Å². The molecule has 0 amide bonds. The van der Waals surface area contributed by atoms with Crippen molar-refractivity contribution >= 4 is 116 Å². The van der Waals surface area contributed by atoms with Gasteiger partial charge in [-0.2, -0.15) is 9.97 Å². The highest BCUT2D eigenvalue weighted by Crippen LogP contribution is 2.44. The molecule has 0 saturated heterocycles. The molecule has 0 aliphatic rings. The molecule has 528 valence electrons. The topological polar surface area (TPSA) is 97.1 Å². The first-order chi connectivity index (χ1) is 56.0. The molecular formula is C102H66N10Si. The van der Waals surface area contributed by atoms with Crippen molar-refractivity contribution in [3.63, 3.8) is 0 Å². The fourth-order valence-corrected chi connectivity index (χ4v) is 22.3. The average molecular weight is 1460 g/mol. The van der Waals surface area contributed by atoms with Crippen LogP contribution in [0.5, 0.6) is 0 Å². The van der Waals surface area contributed by atoms with Crippen LogP contribution in [0.2, 0.25) is 0 Å². The zero-order valence-electron chi connectivity index (χ0n) is 61.1. The van der Waals surface area contributed by atoms with Gasteiger partial charge in [-0.05, 0) is 141 Å². The molecule has 0 aliphatic carbocycles. The lowest BCUT2D eigenvalue weighted by Gasteiger charge is -2.34. The maximum atomic E-state index is 5.70. The Balaban J connectivity index is 0.714. The molecule has 0 fully saturated rings. The highest BCUT2D eigenvalue weighted by atomic mass is 28.3. The summed E-state index contributed by atoms with van der Waals surface area (Å²) in [7, 11) is -3.01. The number of para-hydroxylation sites is 4. The molecule has 11 heteroatoms. The van der Waals surface area contributed by atoms with Crippen LogP contribution < -0.4 is 20.7 Å². The van der Waals surface area contributed by atoms with Gasteiger partial charge in [-0.3, -0.25) is 4.57 Å². The molecule has 22 aromatic rings. The Hall–Kier alpha value is -15.0. The molecule has 0 unspecified atom stereocenters. The minimum atomic E-state index is -3.01. The van der Waals surface area contributed by atoms with Gasteiger partial charge in [0, 0.05) is 88.0 Å². The fourth-order valence-electron chi connectivity index (χ4n) is 17.5. The van der Waals surface area contributed by atoms with Crippen LogP contribution in [-0.4, -0.2) is 56.2 Å². The molecule has 0 bridgehead atoms. The lowest BCUT2D eigenvalue weighted by atomic mass is 10.00. The Morgan fingerprint density at radius 1 is 0.159 bits per heavy atom. The molecule has 0 aliphatic heterocycles. The summed E-state index contributed by atoms with van der Waals surface area (Å²) in [6.45, 7) is 0. The minimum Gasteiger partial charge on any atom is -0.309 e. The van der Waals surface area contributed by atoms with Crippen LogP contribution in [0, 0.1) is 0 Å². The molecule has 0 saturated carbocycles. The normalized spacial score (nSPS) is 11.9. The number of benzene rings is 16. The van der Waals surface area contributed by atoms with E-state index in [1.165, 1.54) is 26.1 Å². The van der Waals surface area contributed by atoms with Gasteiger partial charge >= 0.3 is 0 Å². The first kappa shape index (κ1) is 65.1. The van der Waals surface area contributed by atoms with Crippen LogP contribution in [0.15, 0.2) is 400 Å². The molecule has 0 N–H and O–H groups in total. The summed E-state index contributed by atoms with van der Waals surface area (Å²) in [6.07, 6.45) is 0. The Morgan fingerprint density at radius 2 is 0.460 bits per heavy atom. The van der Waals surface area contributed by atoms with Crippen molar-refractivity contribution in [2.45, 2.75) is 0 Å². The third kappa shape index (κ3) is 10.8. The van der Waals surface area contributed by atoms with E-state index in [2.05, 4.69) is 352 Å². The van der Waals surface area contributed by atoms with Crippen molar-refractivity contribution in [1.29, 1.82) is 0 Å². The van der Waals surface area contributed by atoms with E-state index in [-0.39, 0.29) is 0 Å². The van der Waals surface area contributed by atoms with E-state index in [1.807, 2.05) is 66.7 Å². The number of nitrogens with zero attached hydrogens (tertiary/aromatic N) is 10. The monoisotopic (exact) mass is 1460 g/mol. The molecule has 0 spiro atoms. The van der Waals surface area contributed by atoms with Gasteiger partial charge in [0.25, 0.3) is 0 Å². The number of aromatic nitrogens is 10. The quantitative estimate of drug-likeness (QED) is 0.0795. The van der Waals surface area contributed by atoms with Gasteiger partial charge in [0.15, 0.2) is 37.2 Å². The lowest BCUT2D eigenvalue weighted by Crippen LogP contribution is -2.74. The molecular weight excluding hydrogens is 1390 g/mol. The van der Waals surface area contributed by atoms with Crippen molar-refractivity contribution < 1.29 is 0 Å². The molecule has 0 radical (unpaired) electrons. The van der Waals surface area contributed by atoms with Gasteiger partial charge in [-0.25, -0.2) is 19.9 Å². The maximum absolute atomic E-state index is 5.70. The number of fused-ring (bicyclic) bond motifs is 12. The summed E-state index contributed by atoms with van der Waals surface area (Å²) >= 11 is 0. The van der Waals surface area contributed by atoms with E-state index >= 15 is 0 Å². The number of hydrogen-bond acceptors (Lipinski definition) is 6. The van der Waals surface area contributed by atoms with Gasteiger partial charge in [-0.1, -0.05) is 291 Å². The standard InChI is InChI=1S/C102H66N10Si/c1-9-30-67(31-10-1)97-103-98(68-32-11-2-12-33-68)105-99(104-97)70-52-55-76(56-53-70)111-90-51-28-26-49-82(90)85-63-87-83-61-72(54-58-91(83)110(95(87)65-93(85)111)75-40-17-5-18-41-75)71-36-29-37-73(60-71)101-106-100(69-34-13-3-14-35-69)107-102(108-101)112-92-59-57-80(113(77-42-19-6-20-43-77,78-44-21-7-22-45-78)79-46-23-8-24-47-79)62-84(92)88-64-86-81-48-25-27-50-89(81)109(94(86)66-96(88)112)74-38-15-4-16-39-74/h1-66H. The maximum Gasteiger partial charge on any atom is 0.238 e. The fraction of sp³-hybridized carbons (Fsp3) is 0. The molecule has 22 rings (SSSR count). The third-order valence-corrected chi connectivity index (χ3v) is 27.4. The zero-order chi connectivity index (χ0) is 74.5. The second-order valence-corrected chi connectivity index (χ2v) is 32.8. The summed E-state index contributed by atoms with van der Waals surface area (Å²) in [6, 6.07) is 144. The van der Waals surface area contributed by atoms with Gasteiger partial charge < -0.3 is 13.7 Å². The van der Waals surface area contributed by atoms with Gasteiger partial charge in [0.1, 0.15) is 0 Å². The second kappa shape index (κ2) is 26.7. The van der Waals surface area contributed by atoms with Gasteiger partial charge in [0.05, 0.1) is 44.1 Å². The Kier molecular flexibility index (Phi) is 15.4. The first-order valence-electron chi connectivity index (χ1n) is 38.2. The van der Waals surface area contributed by atoms with Crippen molar-refractivity contribution in [2.24, 2.45) is 0 Å². The highest BCUT2D eigenvalue weighted by molar-refractivity contribution is 7.20.